The number of hydrogen-bond acceptors (Lipinski definition) is 4. The van der Waals surface area contributed by atoms with Gasteiger partial charge in [0.2, 0.25) is 5.91 Å². The minimum atomic E-state index is -0.545. The van der Waals surface area contributed by atoms with Crippen LogP contribution in [0.2, 0.25) is 5.02 Å². The van der Waals surface area contributed by atoms with Gasteiger partial charge in [-0.3, -0.25) is 14.7 Å². The van der Waals surface area contributed by atoms with Crippen molar-refractivity contribution in [1.29, 1.82) is 0 Å². The molecule has 6 heteroatoms. The highest BCUT2D eigenvalue weighted by Crippen LogP contribution is 2.31. The van der Waals surface area contributed by atoms with Gasteiger partial charge in [-0.15, -0.1) is 0 Å². The van der Waals surface area contributed by atoms with E-state index in [4.69, 9.17) is 16.3 Å². The molecule has 0 aliphatic carbocycles. The average molecular weight is 305 g/mol. The summed E-state index contributed by atoms with van der Waals surface area (Å²) in [6.45, 7) is 1.40. The lowest BCUT2D eigenvalue weighted by Crippen LogP contribution is -2.25. The van der Waals surface area contributed by atoms with E-state index in [9.17, 15) is 9.59 Å². The van der Waals surface area contributed by atoms with E-state index >= 15 is 0 Å². The molecule has 1 aromatic heterocycles. The number of carbonyl (C=O) groups excluding carboxylic acids is 2. The van der Waals surface area contributed by atoms with Gasteiger partial charge in [0, 0.05) is 18.1 Å². The number of methoxy groups -OCH3 is 1. The van der Waals surface area contributed by atoms with Crippen LogP contribution < -0.4 is 4.90 Å². The average Bonchev–Trinajstić information content (AvgIpc) is 2.47. The summed E-state index contributed by atoms with van der Waals surface area (Å²) in [4.78, 5) is 29.3. The van der Waals surface area contributed by atoms with E-state index < -0.39 is 5.97 Å². The first-order valence-electron chi connectivity index (χ1n) is 6.13. The normalized spacial score (nSPS) is 10.0. The van der Waals surface area contributed by atoms with E-state index in [0.717, 1.165) is 0 Å². The van der Waals surface area contributed by atoms with Crippen molar-refractivity contribution >= 4 is 34.9 Å². The SMILES string of the molecule is COC(=O)c1ccc(Cl)cc1N(C(C)=O)c1cccnc1. The highest BCUT2D eigenvalue weighted by atomic mass is 35.5. The second-order valence-electron chi connectivity index (χ2n) is 4.22. The van der Waals surface area contributed by atoms with Crippen molar-refractivity contribution in [2.45, 2.75) is 6.92 Å². The lowest BCUT2D eigenvalue weighted by molar-refractivity contribution is -0.115. The molecule has 0 aliphatic heterocycles. The zero-order valence-corrected chi connectivity index (χ0v) is 12.3. The topological polar surface area (TPSA) is 59.5 Å². The molecule has 2 rings (SSSR count). The molecule has 21 heavy (non-hydrogen) atoms. The standard InChI is InChI=1S/C15H13ClN2O3/c1-10(19)18(12-4-3-7-17-9-12)14-8-11(16)5-6-13(14)15(20)21-2/h3-9H,1-2H3. The van der Waals surface area contributed by atoms with Crippen LogP contribution in [-0.4, -0.2) is 24.0 Å². The van der Waals surface area contributed by atoms with Gasteiger partial charge in [0.15, 0.2) is 0 Å². The van der Waals surface area contributed by atoms with Crippen LogP contribution in [-0.2, 0) is 9.53 Å². The molecule has 0 saturated carbocycles. The Morgan fingerprint density at radius 3 is 2.62 bits per heavy atom. The smallest absolute Gasteiger partial charge is 0.339 e. The molecule has 1 aromatic carbocycles. The summed E-state index contributed by atoms with van der Waals surface area (Å²) < 4.78 is 4.75. The second-order valence-corrected chi connectivity index (χ2v) is 4.66. The summed E-state index contributed by atoms with van der Waals surface area (Å²) in [6.07, 6.45) is 3.13. The van der Waals surface area contributed by atoms with Crippen LogP contribution in [0.4, 0.5) is 11.4 Å². The van der Waals surface area contributed by atoms with Crippen LogP contribution >= 0.6 is 11.6 Å². The van der Waals surface area contributed by atoms with Gasteiger partial charge in [0.25, 0.3) is 0 Å². The van der Waals surface area contributed by atoms with Crippen LogP contribution in [0.3, 0.4) is 0 Å². The Morgan fingerprint density at radius 2 is 2.05 bits per heavy atom. The number of anilines is 2. The third-order valence-corrected chi connectivity index (χ3v) is 3.06. The number of halogens is 1. The maximum atomic E-state index is 12.0. The van der Waals surface area contributed by atoms with Gasteiger partial charge in [-0.1, -0.05) is 11.6 Å². The molecule has 2 aromatic rings. The minimum Gasteiger partial charge on any atom is -0.465 e. The van der Waals surface area contributed by atoms with Crippen molar-refractivity contribution in [1.82, 2.24) is 4.98 Å². The van der Waals surface area contributed by atoms with Crippen molar-refractivity contribution in [2.24, 2.45) is 0 Å². The summed E-state index contributed by atoms with van der Waals surface area (Å²) in [7, 11) is 1.28. The van der Waals surface area contributed by atoms with Crippen molar-refractivity contribution in [3.63, 3.8) is 0 Å². The number of rotatable bonds is 3. The molecule has 0 saturated heterocycles. The van der Waals surface area contributed by atoms with Crippen molar-refractivity contribution in [3.05, 3.63) is 53.3 Å². The van der Waals surface area contributed by atoms with Gasteiger partial charge in [0.1, 0.15) is 0 Å². The van der Waals surface area contributed by atoms with Crippen molar-refractivity contribution < 1.29 is 14.3 Å². The number of ether oxygens (including phenoxy) is 1. The second kappa shape index (κ2) is 6.37. The number of amides is 1. The fourth-order valence-corrected chi connectivity index (χ4v) is 2.12. The van der Waals surface area contributed by atoms with Gasteiger partial charge in [-0.05, 0) is 30.3 Å². The first-order chi connectivity index (χ1) is 10.0. The predicted octanol–water partition coefficient (Wildman–Crippen LogP) is 3.21. The Hall–Kier alpha value is -2.40. The largest absolute Gasteiger partial charge is 0.465 e. The molecule has 1 amide bonds. The molecule has 0 spiro atoms. The van der Waals surface area contributed by atoms with E-state index in [1.54, 1.807) is 30.5 Å². The molecule has 0 fully saturated rings. The maximum Gasteiger partial charge on any atom is 0.339 e. The van der Waals surface area contributed by atoms with Gasteiger partial charge in [0.05, 0.1) is 30.2 Å². The fourth-order valence-electron chi connectivity index (χ4n) is 1.95. The molecule has 0 atom stereocenters. The Labute approximate surface area is 127 Å². The third kappa shape index (κ3) is 3.20. The quantitative estimate of drug-likeness (QED) is 0.817. The van der Waals surface area contributed by atoms with Crippen LogP contribution in [0.25, 0.3) is 0 Å². The van der Waals surface area contributed by atoms with Crippen LogP contribution in [0.1, 0.15) is 17.3 Å². The highest BCUT2D eigenvalue weighted by molar-refractivity contribution is 6.31. The Morgan fingerprint density at radius 1 is 1.29 bits per heavy atom. The molecule has 0 aliphatic rings. The number of esters is 1. The first-order valence-corrected chi connectivity index (χ1v) is 6.51. The highest BCUT2D eigenvalue weighted by Gasteiger charge is 2.22. The van der Waals surface area contributed by atoms with Crippen molar-refractivity contribution in [3.8, 4) is 0 Å². The van der Waals surface area contributed by atoms with Crippen LogP contribution in [0.15, 0.2) is 42.7 Å². The van der Waals surface area contributed by atoms with Gasteiger partial charge in [-0.25, -0.2) is 4.79 Å². The maximum absolute atomic E-state index is 12.0. The van der Waals surface area contributed by atoms with E-state index in [0.29, 0.717) is 16.4 Å². The van der Waals surface area contributed by atoms with Gasteiger partial charge >= 0.3 is 5.97 Å². The summed E-state index contributed by atoms with van der Waals surface area (Å²) in [5, 5.41) is 0.410. The monoisotopic (exact) mass is 304 g/mol. The summed E-state index contributed by atoms with van der Waals surface area (Å²) in [5.74, 6) is -0.813. The number of carbonyl (C=O) groups is 2. The Balaban J connectivity index is 2.63. The zero-order valence-electron chi connectivity index (χ0n) is 11.5. The molecule has 1 heterocycles. The number of benzene rings is 1. The Bertz CT molecular complexity index is 674. The molecule has 0 N–H and O–H groups in total. The van der Waals surface area contributed by atoms with E-state index in [-0.39, 0.29) is 11.5 Å². The zero-order chi connectivity index (χ0) is 15.4. The fraction of sp³-hybridized carbons (Fsp3) is 0.133. The lowest BCUT2D eigenvalue weighted by Gasteiger charge is -2.23. The first kappa shape index (κ1) is 15.0. The van der Waals surface area contributed by atoms with E-state index in [1.807, 2.05) is 0 Å². The number of aromatic nitrogens is 1. The molecular formula is C15H13ClN2O3. The van der Waals surface area contributed by atoms with E-state index in [2.05, 4.69) is 4.98 Å². The lowest BCUT2D eigenvalue weighted by atomic mass is 10.1. The van der Waals surface area contributed by atoms with E-state index in [1.165, 1.54) is 31.2 Å². The molecule has 0 unspecified atom stereocenters. The minimum absolute atomic E-state index is 0.251. The summed E-state index contributed by atoms with van der Waals surface area (Å²) in [6, 6.07) is 8.06. The van der Waals surface area contributed by atoms with Crippen LogP contribution in [0, 0.1) is 0 Å². The third-order valence-electron chi connectivity index (χ3n) is 2.83. The molecular weight excluding hydrogens is 292 g/mol. The molecule has 0 bridgehead atoms. The Kier molecular flexibility index (Phi) is 4.55. The number of hydrogen-bond donors (Lipinski definition) is 0. The molecule has 108 valence electrons. The summed E-state index contributed by atoms with van der Waals surface area (Å²) >= 11 is 6.00. The number of pyridine rings is 1. The van der Waals surface area contributed by atoms with Gasteiger partial charge in [-0.2, -0.15) is 0 Å². The van der Waals surface area contributed by atoms with Crippen LogP contribution in [0.5, 0.6) is 0 Å². The molecule has 0 radical (unpaired) electrons. The predicted molar refractivity (Wildman–Crippen MR) is 79.8 cm³/mol. The van der Waals surface area contributed by atoms with Gasteiger partial charge < -0.3 is 4.74 Å². The molecule has 5 nitrogen and oxygen atoms in total. The summed E-state index contributed by atoms with van der Waals surface area (Å²) in [5.41, 5.74) is 1.15. The number of nitrogens with zero attached hydrogens (tertiary/aromatic N) is 2. The van der Waals surface area contributed by atoms with Crippen molar-refractivity contribution in [2.75, 3.05) is 12.0 Å².